The second kappa shape index (κ2) is 5.73. The lowest BCUT2D eigenvalue weighted by atomic mass is 9.89. The number of rotatable bonds is 5. The number of carboxylic acid groups (broad SMARTS) is 1. The van der Waals surface area contributed by atoms with E-state index >= 15 is 0 Å². The molecule has 0 bridgehead atoms. The summed E-state index contributed by atoms with van der Waals surface area (Å²) in [7, 11) is 0. The largest absolute Gasteiger partial charge is 0.481 e. The van der Waals surface area contributed by atoms with Gasteiger partial charge in [-0.3, -0.25) is 14.4 Å². The van der Waals surface area contributed by atoms with E-state index in [2.05, 4.69) is 0 Å². The van der Waals surface area contributed by atoms with Crippen molar-refractivity contribution in [2.45, 2.75) is 6.42 Å². The summed E-state index contributed by atoms with van der Waals surface area (Å²) in [5, 5.41) is 9.24. The van der Waals surface area contributed by atoms with Gasteiger partial charge in [-0.2, -0.15) is 0 Å². The number of amides is 2. The van der Waals surface area contributed by atoms with Crippen molar-refractivity contribution >= 4 is 17.8 Å². The van der Waals surface area contributed by atoms with Crippen LogP contribution in [0.1, 0.15) is 5.56 Å². The van der Waals surface area contributed by atoms with Crippen molar-refractivity contribution in [3.8, 4) is 0 Å². The Kier molecular flexibility index (Phi) is 4.02. The topological polar surface area (TPSA) is 101 Å². The molecule has 6 heteroatoms. The third-order valence-electron chi connectivity index (χ3n) is 3.49. The molecule has 0 radical (unpaired) electrons. The molecule has 1 saturated heterocycles. The zero-order valence-corrected chi connectivity index (χ0v) is 10.9. The summed E-state index contributed by atoms with van der Waals surface area (Å²) in [5.41, 5.74) is 5.97. The third-order valence-corrected chi connectivity index (χ3v) is 3.49. The Bertz CT molecular complexity index is 529. The van der Waals surface area contributed by atoms with Gasteiger partial charge in [-0.25, -0.2) is 0 Å². The number of aliphatic carboxylic acids is 1. The summed E-state index contributed by atoms with van der Waals surface area (Å²) in [5.74, 6) is -3.43. The SMILES string of the molecule is NC(=O)CN1C[C@H](C(=O)O)[C@@H](Cc2ccccc2)C1=O. The van der Waals surface area contributed by atoms with Crippen molar-refractivity contribution in [2.24, 2.45) is 17.6 Å². The van der Waals surface area contributed by atoms with Crippen LogP contribution in [0.15, 0.2) is 30.3 Å². The highest BCUT2D eigenvalue weighted by molar-refractivity contribution is 5.91. The number of carbonyl (C=O) groups is 3. The second-order valence-corrected chi connectivity index (χ2v) is 4.93. The molecule has 106 valence electrons. The first kappa shape index (κ1) is 14.0. The van der Waals surface area contributed by atoms with E-state index < -0.39 is 23.7 Å². The van der Waals surface area contributed by atoms with Crippen molar-refractivity contribution in [3.05, 3.63) is 35.9 Å². The van der Waals surface area contributed by atoms with E-state index in [1.54, 1.807) is 0 Å². The zero-order valence-electron chi connectivity index (χ0n) is 10.9. The van der Waals surface area contributed by atoms with Gasteiger partial charge >= 0.3 is 5.97 Å². The Hall–Kier alpha value is -2.37. The minimum absolute atomic E-state index is 0.0363. The number of hydrogen-bond acceptors (Lipinski definition) is 3. The van der Waals surface area contributed by atoms with Crippen LogP contribution in [-0.2, 0) is 20.8 Å². The van der Waals surface area contributed by atoms with E-state index in [4.69, 9.17) is 5.73 Å². The molecule has 0 unspecified atom stereocenters. The predicted molar refractivity (Wildman–Crippen MR) is 70.5 cm³/mol. The maximum absolute atomic E-state index is 12.2. The molecule has 1 aromatic carbocycles. The van der Waals surface area contributed by atoms with Crippen LogP contribution in [0.5, 0.6) is 0 Å². The number of primary amides is 1. The number of carbonyl (C=O) groups excluding carboxylic acids is 2. The second-order valence-electron chi connectivity index (χ2n) is 4.93. The van der Waals surface area contributed by atoms with Crippen LogP contribution in [0.25, 0.3) is 0 Å². The Labute approximate surface area is 116 Å². The quantitative estimate of drug-likeness (QED) is 0.782. The predicted octanol–water partition coefficient (Wildman–Crippen LogP) is -0.126. The first-order valence-electron chi connectivity index (χ1n) is 6.33. The van der Waals surface area contributed by atoms with Crippen molar-refractivity contribution in [3.63, 3.8) is 0 Å². The Balaban J connectivity index is 2.17. The third kappa shape index (κ3) is 2.96. The summed E-state index contributed by atoms with van der Waals surface area (Å²) in [6, 6.07) is 9.23. The fraction of sp³-hybridized carbons (Fsp3) is 0.357. The molecule has 1 aliphatic rings. The van der Waals surface area contributed by atoms with Crippen molar-refractivity contribution in [2.75, 3.05) is 13.1 Å². The average Bonchev–Trinajstić information content (AvgIpc) is 2.69. The van der Waals surface area contributed by atoms with Gasteiger partial charge < -0.3 is 15.7 Å². The Morgan fingerprint density at radius 2 is 1.95 bits per heavy atom. The van der Waals surface area contributed by atoms with Gasteiger partial charge in [0.05, 0.1) is 18.4 Å². The fourth-order valence-corrected chi connectivity index (χ4v) is 2.54. The average molecular weight is 276 g/mol. The minimum atomic E-state index is -1.02. The molecular weight excluding hydrogens is 260 g/mol. The van der Waals surface area contributed by atoms with Crippen LogP contribution in [-0.4, -0.2) is 40.9 Å². The summed E-state index contributed by atoms with van der Waals surface area (Å²) < 4.78 is 0. The lowest BCUT2D eigenvalue weighted by Crippen LogP contribution is -2.36. The molecule has 1 aliphatic heterocycles. The fourth-order valence-electron chi connectivity index (χ4n) is 2.54. The molecule has 2 atom stereocenters. The van der Waals surface area contributed by atoms with Crippen molar-refractivity contribution < 1.29 is 19.5 Å². The Morgan fingerprint density at radius 3 is 2.50 bits per heavy atom. The minimum Gasteiger partial charge on any atom is -0.481 e. The lowest BCUT2D eigenvalue weighted by molar-refractivity contribution is -0.144. The van der Waals surface area contributed by atoms with Crippen LogP contribution in [0.4, 0.5) is 0 Å². The molecule has 0 aliphatic carbocycles. The molecule has 20 heavy (non-hydrogen) atoms. The number of nitrogens with two attached hydrogens (primary N) is 1. The number of carboxylic acids is 1. The zero-order chi connectivity index (χ0) is 14.7. The van der Waals surface area contributed by atoms with Crippen molar-refractivity contribution in [1.29, 1.82) is 0 Å². The van der Waals surface area contributed by atoms with E-state index in [1.807, 2.05) is 30.3 Å². The molecule has 2 amide bonds. The molecule has 3 N–H and O–H groups in total. The number of hydrogen-bond donors (Lipinski definition) is 2. The normalized spacial score (nSPS) is 22.0. The highest BCUT2D eigenvalue weighted by atomic mass is 16.4. The number of nitrogens with zero attached hydrogens (tertiary/aromatic N) is 1. The van der Waals surface area contributed by atoms with E-state index in [-0.39, 0.29) is 19.0 Å². The molecular formula is C14H16N2O4. The maximum Gasteiger partial charge on any atom is 0.309 e. The first-order valence-corrected chi connectivity index (χ1v) is 6.33. The lowest BCUT2D eigenvalue weighted by Gasteiger charge is -2.14. The first-order chi connectivity index (χ1) is 9.49. The Morgan fingerprint density at radius 1 is 1.30 bits per heavy atom. The molecule has 1 fully saturated rings. The van der Waals surface area contributed by atoms with Crippen LogP contribution < -0.4 is 5.73 Å². The standard InChI is InChI=1S/C14H16N2O4/c15-12(17)8-16-7-11(14(19)20)10(13(16)18)6-9-4-2-1-3-5-9/h1-5,10-11H,6-8H2,(H2,15,17)(H,19,20)/t10-,11+/m1/s1. The van der Waals surface area contributed by atoms with Crippen LogP contribution in [0.2, 0.25) is 0 Å². The maximum atomic E-state index is 12.2. The monoisotopic (exact) mass is 276 g/mol. The van der Waals surface area contributed by atoms with E-state index in [9.17, 15) is 19.5 Å². The molecule has 0 aromatic heterocycles. The number of benzene rings is 1. The smallest absolute Gasteiger partial charge is 0.309 e. The van der Waals surface area contributed by atoms with Gasteiger partial charge in [0.15, 0.2) is 0 Å². The highest BCUT2D eigenvalue weighted by Crippen LogP contribution is 2.28. The molecule has 2 rings (SSSR count). The summed E-state index contributed by atoms with van der Waals surface area (Å²) in [4.78, 5) is 35.7. The van der Waals surface area contributed by atoms with Gasteiger partial charge in [0.25, 0.3) is 0 Å². The summed E-state index contributed by atoms with van der Waals surface area (Å²) >= 11 is 0. The molecule has 1 heterocycles. The van der Waals surface area contributed by atoms with Gasteiger partial charge in [0.2, 0.25) is 11.8 Å². The van der Waals surface area contributed by atoms with Gasteiger partial charge in [-0.15, -0.1) is 0 Å². The number of likely N-dealkylation sites (tertiary alicyclic amines) is 1. The molecule has 6 nitrogen and oxygen atoms in total. The van der Waals surface area contributed by atoms with Crippen LogP contribution in [0, 0.1) is 11.8 Å². The van der Waals surface area contributed by atoms with Gasteiger partial charge in [-0.05, 0) is 12.0 Å². The molecule has 0 spiro atoms. The molecule has 1 aromatic rings. The van der Waals surface area contributed by atoms with E-state index in [1.165, 1.54) is 4.90 Å². The van der Waals surface area contributed by atoms with Gasteiger partial charge in [-0.1, -0.05) is 30.3 Å². The molecule has 0 saturated carbocycles. The van der Waals surface area contributed by atoms with Crippen molar-refractivity contribution in [1.82, 2.24) is 4.90 Å². The summed E-state index contributed by atoms with van der Waals surface area (Å²) in [6.07, 6.45) is 0.353. The highest BCUT2D eigenvalue weighted by Gasteiger charge is 2.44. The van der Waals surface area contributed by atoms with Gasteiger partial charge in [0.1, 0.15) is 0 Å². The van der Waals surface area contributed by atoms with Crippen LogP contribution in [0.3, 0.4) is 0 Å². The van der Waals surface area contributed by atoms with Crippen LogP contribution >= 0.6 is 0 Å². The summed E-state index contributed by atoms with van der Waals surface area (Å²) in [6.45, 7) is -0.192. The van der Waals surface area contributed by atoms with Gasteiger partial charge in [0, 0.05) is 6.54 Å². The van der Waals surface area contributed by atoms with E-state index in [0.717, 1.165) is 5.56 Å². The van der Waals surface area contributed by atoms with E-state index in [0.29, 0.717) is 6.42 Å².